The maximum atomic E-state index is 12.7. The van der Waals surface area contributed by atoms with Crippen LogP contribution in [-0.2, 0) is 6.54 Å². The van der Waals surface area contributed by atoms with E-state index in [0.29, 0.717) is 11.5 Å². The lowest BCUT2D eigenvalue weighted by Crippen LogP contribution is -2.26. The molecule has 3 heteroatoms. The molecule has 1 aliphatic rings. The van der Waals surface area contributed by atoms with Gasteiger partial charge in [0.1, 0.15) is 0 Å². The molecule has 0 saturated heterocycles. The van der Waals surface area contributed by atoms with Gasteiger partial charge in [-0.1, -0.05) is 73.9 Å². The summed E-state index contributed by atoms with van der Waals surface area (Å²) in [7, 11) is 0. The lowest BCUT2D eigenvalue weighted by atomic mass is 9.84. The fourth-order valence-electron chi connectivity index (χ4n) is 4.39. The monoisotopic (exact) mass is 412 g/mol. The van der Waals surface area contributed by atoms with Gasteiger partial charge in [0.15, 0.2) is 0 Å². The minimum atomic E-state index is -0.0357. The molecule has 1 saturated carbocycles. The fraction of sp³-hybridized carbons (Fsp3) is 0.321. The zero-order chi connectivity index (χ0) is 21.5. The van der Waals surface area contributed by atoms with Crippen molar-refractivity contribution in [3.63, 3.8) is 0 Å². The molecule has 0 aromatic heterocycles. The van der Waals surface area contributed by atoms with Crippen molar-refractivity contribution in [1.29, 1.82) is 0 Å². The Hall–Kier alpha value is -3.07. The van der Waals surface area contributed by atoms with Gasteiger partial charge in [-0.25, -0.2) is 0 Å². The van der Waals surface area contributed by atoms with Gasteiger partial charge in [-0.05, 0) is 66.6 Å². The van der Waals surface area contributed by atoms with Gasteiger partial charge in [-0.2, -0.15) is 0 Å². The van der Waals surface area contributed by atoms with Gasteiger partial charge < -0.3 is 10.6 Å². The molecule has 0 aliphatic heterocycles. The first-order valence-electron chi connectivity index (χ1n) is 11.5. The molecule has 3 nitrogen and oxygen atoms in total. The maximum absolute atomic E-state index is 12.7. The lowest BCUT2D eigenvalue weighted by molar-refractivity contribution is 0.0940. The van der Waals surface area contributed by atoms with Gasteiger partial charge in [0, 0.05) is 17.8 Å². The van der Waals surface area contributed by atoms with Crippen LogP contribution < -0.4 is 10.6 Å². The summed E-state index contributed by atoms with van der Waals surface area (Å²) in [6.07, 6.45) is 6.69. The summed E-state index contributed by atoms with van der Waals surface area (Å²) in [6.45, 7) is 2.78. The Kier molecular flexibility index (Phi) is 7.03. The number of carbonyl (C=O) groups excluding carboxylic acids is 1. The highest BCUT2D eigenvalue weighted by molar-refractivity contribution is 5.94. The molecule has 0 heterocycles. The number of nitrogens with one attached hydrogen (secondary N) is 2. The lowest BCUT2D eigenvalue weighted by Gasteiger charge is -2.22. The maximum Gasteiger partial charge on any atom is 0.251 e. The van der Waals surface area contributed by atoms with Crippen molar-refractivity contribution >= 4 is 11.6 Å². The number of para-hydroxylation sites is 1. The first-order chi connectivity index (χ1) is 15.2. The van der Waals surface area contributed by atoms with Crippen LogP contribution in [0.3, 0.4) is 0 Å². The van der Waals surface area contributed by atoms with Crippen LogP contribution in [0.25, 0.3) is 0 Å². The summed E-state index contributed by atoms with van der Waals surface area (Å²) in [6, 6.07) is 26.8. The Morgan fingerprint density at radius 2 is 1.55 bits per heavy atom. The topological polar surface area (TPSA) is 41.1 Å². The van der Waals surface area contributed by atoms with Gasteiger partial charge in [-0.15, -0.1) is 0 Å². The van der Waals surface area contributed by atoms with Crippen LogP contribution in [0.1, 0.15) is 78.0 Å². The van der Waals surface area contributed by atoms with Crippen LogP contribution >= 0.6 is 0 Å². The largest absolute Gasteiger partial charge is 0.381 e. The Labute approximate surface area is 185 Å². The van der Waals surface area contributed by atoms with E-state index in [0.717, 1.165) is 23.4 Å². The minimum Gasteiger partial charge on any atom is -0.381 e. The van der Waals surface area contributed by atoms with Crippen LogP contribution in [0.5, 0.6) is 0 Å². The fourth-order valence-corrected chi connectivity index (χ4v) is 4.39. The third-order valence-electron chi connectivity index (χ3n) is 6.35. The van der Waals surface area contributed by atoms with E-state index in [4.69, 9.17) is 0 Å². The number of benzene rings is 3. The Bertz CT molecular complexity index is 958. The molecule has 1 fully saturated rings. The van der Waals surface area contributed by atoms with Crippen LogP contribution in [0.2, 0.25) is 0 Å². The van der Waals surface area contributed by atoms with Crippen molar-refractivity contribution in [3.8, 4) is 0 Å². The van der Waals surface area contributed by atoms with Crippen molar-refractivity contribution in [2.24, 2.45) is 0 Å². The Balaban J connectivity index is 1.31. The van der Waals surface area contributed by atoms with Crippen LogP contribution in [0.15, 0.2) is 78.9 Å². The van der Waals surface area contributed by atoms with E-state index < -0.39 is 0 Å². The van der Waals surface area contributed by atoms with E-state index in [9.17, 15) is 4.79 Å². The number of carbonyl (C=O) groups is 1. The number of hydrogen-bond acceptors (Lipinski definition) is 2. The molecule has 1 unspecified atom stereocenters. The van der Waals surface area contributed by atoms with Gasteiger partial charge in [-0.3, -0.25) is 4.79 Å². The molecule has 4 rings (SSSR count). The summed E-state index contributed by atoms with van der Waals surface area (Å²) < 4.78 is 0. The molecule has 31 heavy (non-hydrogen) atoms. The van der Waals surface area contributed by atoms with Crippen molar-refractivity contribution < 1.29 is 4.79 Å². The number of anilines is 1. The highest BCUT2D eigenvalue weighted by Gasteiger charge is 2.16. The van der Waals surface area contributed by atoms with E-state index in [-0.39, 0.29) is 11.9 Å². The van der Waals surface area contributed by atoms with Crippen molar-refractivity contribution in [1.82, 2.24) is 5.32 Å². The summed E-state index contributed by atoms with van der Waals surface area (Å²) >= 11 is 0. The van der Waals surface area contributed by atoms with Crippen molar-refractivity contribution in [2.45, 2.75) is 57.5 Å². The molecule has 1 amide bonds. The molecule has 1 aliphatic carbocycles. The van der Waals surface area contributed by atoms with E-state index in [1.165, 1.54) is 37.7 Å². The van der Waals surface area contributed by atoms with Gasteiger partial charge in [0.2, 0.25) is 0 Å². The second kappa shape index (κ2) is 10.3. The van der Waals surface area contributed by atoms with Crippen LogP contribution in [-0.4, -0.2) is 5.91 Å². The Morgan fingerprint density at radius 3 is 2.23 bits per heavy atom. The van der Waals surface area contributed by atoms with E-state index >= 15 is 0 Å². The molecule has 160 valence electrons. The SMILES string of the molecule is CC(NC(=O)c1ccc(CNc2ccccc2)cc1)c1ccc(C2CCCCC2)cc1. The quantitative estimate of drug-likeness (QED) is 0.446. The van der Waals surface area contributed by atoms with E-state index in [1.54, 1.807) is 0 Å². The van der Waals surface area contributed by atoms with Gasteiger partial charge in [0.05, 0.1) is 6.04 Å². The van der Waals surface area contributed by atoms with Crippen molar-refractivity contribution in [2.75, 3.05) is 5.32 Å². The normalized spacial score (nSPS) is 15.3. The number of rotatable bonds is 7. The molecule has 0 radical (unpaired) electrons. The molecule has 0 bridgehead atoms. The molecular formula is C28H32N2O. The summed E-state index contributed by atoms with van der Waals surface area (Å²) in [4.78, 5) is 12.7. The molecule has 1 atom stereocenters. The number of hydrogen-bond donors (Lipinski definition) is 2. The van der Waals surface area contributed by atoms with Gasteiger partial charge >= 0.3 is 0 Å². The third kappa shape index (κ3) is 5.75. The molecular weight excluding hydrogens is 380 g/mol. The van der Waals surface area contributed by atoms with Crippen LogP contribution in [0.4, 0.5) is 5.69 Å². The smallest absolute Gasteiger partial charge is 0.251 e. The molecule has 0 spiro atoms. The highest BCUT2D eigenvalue weighted by Crippen LogP contribution is 2.33. The second-order valence-corrected chi connectivity index (χ2v) is 8.61. The average Bonchev–Trinajstić information content (AvgIpc) is 2.84. The predicted octanol–water partition coefficient (Wildman–Crippen LogP) is 6.84. The second-order valence-electron chi connectivity index (χ2n) is 8.61. The Morgan fingerprint density at radius 1 is 0.871 bits per heavy atom. The molecule has 3 aromatic carbocycles. The highest BCUT2D eigenvalue weighted by atomic mass is 16.1. The van der Waals surface area contributed by atoms with Gasteiger partial charge in [0.25, 0.3) is 5.91 Å². The van der Waals surface area contributed by atoms with Crippen molar-refractivity contribution in [3.05, 3.63) is 101 Å². The average molecular weight is 413 g/mol. The number of amides is 1. The summed E-state index contributed by atoms with van der Waals surface area (Å²) in [5, 5.41) is 6.53. The van der Waals surface area contributed by atoms with Crippen LogP contribution in [0, 0.1) is 0 Å². The predicted molar refractivity (Wildman–Crippen MR) is 128 cm³/mol. The van der Waals surface area contributed by atoms with E-state index in [2.05, 4.69) is 34.9 Å². The first kappa shape index (κ1) is 21.2. The summed E-state index contributed by atoms with van der Waals surface area (Å²) in [5.74, 6) is 0.675. The third-order valence-corrected chi connectivity index (χ3v) is 6.35. The van der Waals surface area contributed by atoms with E-state index in [1.807, 2.05) is 61.5 Å². The zero-order valence-electron chi connectivity index (χ0n) is 18.3. The molecule has 3 aromatic rings. The minimum absolute atomic E-state index is 0.0210. The molecule has 2 N–H and O–H groups in total. The standard InChI is InChI=1S/C28H32N2O/c1-21(23-16-18-25(19-17-23)24-8-4-2-5-9-24)30-28(31)26-14-12-22(13-15-26)20-29-27-10-6-3-7-11-27/h3,6-7,10-19,21,24,29H,2,4-5,8-9,20H2,1H3,(H,30,31). The first-order valence-corrected chi connectivity index (χ1v) is 11.5. The zero-order valence-corrected chi connectivity index (χ0v) is 18.3. The summed E-state index contributed by atoms with van der Waals surface area (Å²) in [5.41, 5.74) is 5.52.